The first-order valence-corrected chi connectivity index (χ1v) is 8.18. The largest absolute Gasteiger partial charge is 0.465 e. The summed E-state index contributed by atoms with van der Waals surface area (Å²) in [5.41, 5.74) is 3.41. The van der Waals surface area contributed by atoms with Gasteiger partial charge < -0.3 is 14.6 Å². The van der Waals surface area contributed by atoms with E-state index in [9.17, 15) is 9.59 Å². The molecule has 5 heteroatoms. The highest BCUT2D eigenvalue weighted by Crippen LogP contribution is 2.33. The van der Waals surface area contributed by atoms with Crippen LogP contribution in [-0.2, 0) is 4.74 Å². The molecule has 0 saturated carbocycles. The van der Waals surface area contributed by atoms with E-state index < -0.39 is 5.97 Å². The van der Waals surface area contributed by atoms with Crippen molar-refractivity contribution in [3.63, 3.8) is 0 Å². The van der Waals surface area contributed by atoms with E-state index in [0.717, 1.165) is 24.9 Å². The monoisotopic (exact) mass is 326 g/mol. The molecule has 1 aliphatic heterocycles. The zero-order valence-electron chi connectivity index (χ0n) is 14.3. The van der Waals surface area contributed by atoms with Crippen molar-refractivity contribution in [2.45, 2.75) is 32.7 Å². The fourth-order valence-corrected chi connectivity index (χ4v) is 3.55. The number of aromatic nitrogens is 1. The Morgan fingerprint density at radius 1 is 1.21 bits per heavy atom. The van der Waals surface area contributed by atoms with Crippen molar-refractivity contribution in [2.75, 3.05) is 13.7 Å². The van der Waals surface area contributed by atoms with E-state index >= 15 is 0 Å². The van der Waals surface area contributed by atoms with Gasteiger partial charge in [0, 0.05) is 12.2 Å². The van der Waals surface area contributed by atoms with E-state index in [-0.39, 0.29) is 11.9 Å². The summed E-state index contributed by atoms with van der Waals surface area (Å²) in [5, 5.41) is 0. The molecule has 0 radical (unpaired) electrons. The maximum atomic E-state index is 13.1. The van der Waals surface area contributed by atoms with Crippen LogP contribution in [0.25, 0.3) is 0 Å². The number of methoxy groups -OCH3 is 1. The molecular formula is C19H22N2O3. The maximum Gasteiger partial charge on any atom is 0.339 e. The molecular weight excluding hydrogens is 304 g/mol. The minimum absolute atomic E-state index is 0.0582. The molecule has 1 N–H and O–H groups in total. The molecule has 1 aromatic heterocycles. The molecule has 1 unspecified atom stereocenters. The summed E-state index contributed by atoms with van der Waals surface area (Å²) in [6.45, 7) is 4.30. The number of benzene rings is 1. The summed E-state index contributed by atoms with van der Waals surface area (Å²) in [6, 6.07) is 10.2. The van der Waals surface area contributed by atoms with Gasteiger partial charge in [0.2, 0.25) is 0 Å². The summed E-state index contributed by atoms with van der Waals surface area (Å²) in [6.07, 6.45) is 1.94. The average molecular weight is 326 g/mol. The lowest BCUT2D eigenvalue weighted by Crippen LogP contribution is -2.31. The van der Waals surface area contributed by atoms with Gasteiger partial charge in [0.1, 0.15) is 5.69 Å². The molecule has 2 heterocycles. The van der Waals surface area contributed by atoms with Crippen LogP contribution in [0.15, 0.2) is 30.3 Å². The van der Waals surface area contributed by atoms with Crippen LogP contribution in [-0.4, -0.2) is 35.4 Å². The van der Waals surface area contributed by atoms with Crippen LogP contribution in [0, 0.1) is 13.8 Å². The molecule has 1 amide bonds. The number of rotatable bonds is 3. The molecule has 1 saturated heterocycles. The van der Waals surface area contributed by atoms with Gasteiger partial charge in [-0.3, -0.25) is 4.79 Å². The third-order valence-electron chi connectivity index (χ3n) is 4.74. The number of esters is 1. The number of ether oxygens (including phenoxy) is 1. The predicted octanol–water partition coefficient (Wildman–Crippen LogP) is 3.40. The molecule has 0 spiro atoms. The van der Waals surface area contributed by atoms with E-state index in [1.165, 1.54) is 7.11 Å². The van der Waals surface area contributed by atoms with Crippen LogP contribution >= 0.6 is 0 Å². The Morgan fingerprint density at radius 2 is 1.92 bits per heavy atom. The van der Waals surface area contributed by atoms with Gasteiger partial charge >= 0.3 is 5.97 Å². The SMILES string of the molecule is COC(=O)c1c(C)[nH]c(C(=O)N2CCCC2c2ccccc2)c1C. The fourth-order valence-electron chi connectivity index (χ4n) is 3.55. The Labute approximate surface area is 141 Å². The topological polar surface area (TPSA) is 62.4 Å². The fraction of sp³-hybridized carbons (Fsp3) is 0.368. The number of likely N-dealkylation sites (tertiary alicyclic amines) is 1. The van der Waals surface area contributed by atoms with E-state index in [1.54, 1.807) is 13.8 Å². The summed E-state index contributed by atoms with van der Waals surface area (Å²) < 4.78 is 4.82. The third kappa shape index (κ3) is 2.70. The smallest absolute Gasteiger partial charge is 0.339 e. The highest BCUT2D eigenvalue weighted by molar-refractivity contribution is 6.00. The highest BCUT2D eigenvalue weighted by Gasteiger charge is 2.33. The van der Waals surface area contributed by atoms with Gasteiger partial charge in [0.15, 0.2) is 0 Å². The first-order valence-electron chi connectivity index (χ1n) is 8.18. The van der Waals surface area contributed by atoms with Crippen LogP contribution in [0.3, 0.4) is 0 Å². The molecule has 3 rings (SSSR count). The highest BCUT2D eigenvalue weighted by atomic mass is 16.5. The molecule has 126 valence electrons. The van der Waals surface area contributed by atoms with E-state index in [2.05, 4.69) is 17.1 Å². The van der Waals surface area contributed by atoms with Crippen molar-refractivity contribution < 1.29 is 14.3 Å². The standard InChI is InChI=1S/C19H22N2O3/c1-12-16(19(23)24-3)13(2)20-17(12)18(22)21-11-7-10-15(21)14-8-5-4-6-9-14/h4-6,8-9,15,20H,7,10-11H2,1-3H3. The van der Waals surface area contributed by atoms with Crippen LogP contribution in [0.4, 0.5) is 0 Å². The van der Waals surface area contributed by atoms with Crippen LogP contribution < -0.4 is 0 Å². The van der Waals surface area contributed by atoms with Gasteiger partial charge in [-0.25, -0.2) is 4.79 Å². The molecule has 5 nitrogen and oxygen atoms in total. The predicted molar refractivity (Wildman–Crippen MR) is 91.1 cm³/mol. The maximum absolute atomic E-state index is 13.1. The lowest BCUT2D eigenvalue weighted by Gasteiger charge is -2.25. The van der Waals surface area contributed by atoms with Crippen molar-refractivity contribution in [1.29, 1.82) is 0 Å². The number of aromatic amines is 1. The minimum Gasteiger partial charge on any atom is -0.465 e. The zero-order chi connectivity index (χ0) is 17.3. The second-order valence-electron chi connectivity index (χ2n) is 6.18. The second kappa shape index (κ2) is 6.51. The Morgan fingerprint density at radius 3 is 2.58 bits per heavy atom. The lowest BCUT2D eigenvalue weighted by atomic mass is 10.0. The van der Waals surface area contributed by atoms with Crippen molar-refractivity contribution in [3.8, 4) is 0 Å². The molecule has 1 fully saturated rings. The second-order valence-corrected chi connectivity index (χ2v) is 6.18. The van der Waals surface area contributed by atoms with Crippen molar-refractivity contribution in [1.82, 2.24) is 9.88 Å². The number of hydrogen-bond acceptors (Lipinski definition) is 3. The van der Waals surface area contributed by atoms with Crippen LogP contribution in [0.1, 0.15) is 56.6 Å². The van der Waals surface area contributed by atoms with Gasteiger partial charge in [-0.15, -0.1) is 0 Å². The molecule has 24 heavy (non-hydrogen) atoms. The Bertz CT molecular complexity index is 764. The Hall–Kier alpha value is -2.56. The van der Waals surface area contributed by atoms with Gasteiger partial charge in [0.25, 0.3) is 5.91 Å². The summed E-state index contributed by atoms with van der Waals surface area (Å²) in [5.74, 6) is -0.474. The van der Waals surface area contributed by atoms with Crippen molar-refractivity contribution in [3.05, 3.63) is 58.4 Å². The van der Waals surface area contributed by atoms with Crippen molar-refractivity contribution >= 4 is 11.9 Å². The first kappa shape index (κ1) is 16.3. The number of amides is 1. The van der Waals surface area contributed by atoms with E-state index in [0.29, 0.717) is 22.5 Å². The number of carbonyl (C=O) groups is 2. The molecule has 1 aromatic carbocycles. The minimum atomic E-state index is -0.415. The van der Waals surface area contributed by atoms with Gasteiger partial charge in [0.05, 0.1) is 18.7 Å². The summed E-state index contributed by atoms with van der Waals surface area (Å²) in [7, 11) is 1.35. The molecule has 1 atom stereocenters. The molecule has 1 aliphatic rings. The number of nitrogens with one attached hydrogen (secondary N) is 1. The molecule has 0 bridgehead atoms. The number of H-pyrrole nitrogens is 1. The Kier molecular flexibility index (Phi) is 4.42. The number of hydrogen-bond donors (Lipinski definition) is 1. The van der Waals surface area contributed by atoms with E-state index in [1.807, 2.05) is 23.1 Å². The Balaban J connectivity index is 1.93. The van der Waals surface area contributed by atoms with E-state index in [4.69, 9.17) is 4.74 Å². The van der Waals surface area contributed by atoms with Crippen LogP contribution in [0.2, 0.25) is 0 Å². The quantitative estimate of drug-likeness (QED) is 0.879. The lowest BCUT2D eigenvalue weighted by molar-refractivity contribution is 0.0599. The van der Waals surface area contributed by atoms with Gasteiger partial charge in [-0.2, -0.15) is 0 Å². The summed E-state index contributed by atoms with van der Waals surface area (Å²) in [4.78, 5) is 30.0. The zero-order valence-corrected chi connectivity index (χ0v) is 14.3. The van der Waals surface area contributed by atoms with Crippen LogP contribution in [0.5, 0.6) is 0 Å². The van der Waals surface area contributed by atoms with Gasteiger partial charge in [-0.1, -0.05) is 30.3 Å². The number of aryl methyl sites for hydroxylation is 1. The number of nitrogens with zero attached hydrogens (tertiary/aromatic N) is 1. The molecule has 2 aromatic rings. The van der Waals surface area contributed by atoms with Crippen molar-refractivity contribution in [2.24, 2.45) is 0 Å². The summed E-state index contributed by atoms with van der Waals surface area (Å²) >= 11 is 0. The van der Waals surface area contributed by atoms with Gasteiger partial charge in [-0.05, 0) is 37.8 Å². The number of carbonyl (C=O) groups excluding carboxylic acids is 2. The normalized spacial score (nSPS) is 17.1. The first-order chi connectivity index (χ1) is 11.5. The third-order valence-corrected chi connectivity index (χ3v) is 4.74. The molecule has 0 aliphatic carbocycles. The average Bonchev–Trinajstić information content (AvgIpc) is 3.19.